The second-order valence-corrected chi connectivity index (χ2v) is 7.28. The van der Waals surface area contributed by atoms with Gasteiger partial charge in [-0.2, -0.15) is 0 Å². The highest BCUT2D eigenvalue weighted by Gasteiger charge is 2.10. The van der Waals surface area contributed by atoms with E-state index in [4.69, 9.17) is 4.74 Å². The van der Waals surface area contributed by atoms with Crippen molar-refractivity contribution in [3.05, 3.63) is 70.6 Å². The minimum atomic E-state index is -0.250. The van der Waals surface area contributed by atoms with Crippen molar-refractivity contribution < 1.29 is 9.53 Å². The monoisotopic (exact) mass is 379 g/mol. The molecule has 8 heteroatoms. The van der Waals surface area contributed by atoms with Crippen LogP contribution in [0.4, 0.5) is 5.13 Å². The fourth-order valence-corrected chi connectivity index (χ4v) is 3.21. The highest BCUT2D eigenvalue weighted by molar-refractivity contribution is 7.15. The molecule has 0 aliphatic heterocycles. The molecule has 1 N–H and O–H groups in total. The number of pyridine rings is 1. The largest absolute Gasteiger partial charge is 0.487 e. The van der Waals surface area contributed by atoms with Gasteiger partial charge in [0, 0.05) is 18.0 Å². The molecule has 1 amide bonds. The number of carbonyl (C=O) groups excluding carboxylic acids is 1. The molecule has 0 saturated heterocycles. The fourth-order valence-electron chi connectivity index (χ4n) is 2.63. The molecule has 136 valence electrons. The number of ether oxygens (including phenoxy) is 1. The molecule has 0 bridgehead atoms. The van der Waals surface area contributed by atoms with Crippen molar-refractivity contribution in [3.63, 3.8) is 0 Å². The summed E-state index contributed by atoms with van der Waals surface area (Å²) in [5.41, 5.74) is 3.35. The molecular formula is C19H17N5O2S. The molecule has 0 aliphatic carbocycles. The zero-order chi connectivity index (χ0) is 18.8. The maximum Gasteiger partial charge on any atom is 0.257 e. The molecular weight excluding hydrogens is 362 g/mol. The maximum absolute atomic E-state index is 12.4. The number of nitrogens with one attached hydrogen (secondary N) is 1. The van der Waals surface area contributed by atoms with Crippen LogP contribution in [0.15, 0.2) is 48.8 Å². The molecule has 0 atom stereocenters. The van der Waals surface area contributed by atoms with Gasteiger partial charge in [-0.3, -0.25) is 10.1 Å². The van der Waals surface area contributed by atoms with Gasteiger partial charge in [-0.1, -0.05) is 23.5 Å². The van der Waals surface area contributed by atoms with E-state index in [-0.39, 0.29) is 5.91 Å². The van der Waals surface area contributed by atoms with E-state index in [0.717, 1.165) is 21.9 Å². The molecule has 3 aromatic heterocycles. The van der Waals surface area contributed by atoms with Crippen molar-refractivity contribution in [3.8, 4) is 5.75 Å². The third-order valence-electron chi connectivity index (χ3n) is 3.88. The maximum atomic E-state index is 12.4. The predicted molar refractivity (Wildman–Crippen MR) is 103 cm³/mol. The number of aromatic nitrogens is 4. The normalized spacial score (nSPS) is 10.9. The van der Waals surface area contributed by atoms with Gasteiger partial charge in [-0.15, -0.1) is 10.2 Å². The topological polar surface area (TPSA) is 81.4 Å². The average Bonchev–Trinajstić information content (AvgIpc) is 3.25. The zero-order valence-corrected chi connectivity index (χ0v) is 15.7. The number of aryl methyl sites for hydroxylation is 2. The molecule has 4 rings (SSSR count). The van der Waals surface area contributed by atoms with Crippen molar-refractivity contribution in [2.45, 2.75) is 20.5 Å². The first-order valence-corrected chi connectivity index (χ1v) is 9.17. The van der Waals surface area contributed by atoms with Crippen molar-refractivity contribution in [2.24, 2.45) is 0 Å². The van der Waals surface area contributed by atoms with Crippen LogP contribution in [-0.2, 0) is 6.61 Å². The lowest BCUT2D eigenvalue weighted by atomic mass is 10.2. The predicted octanol–water partition coefficient (Wildman–Crippen LogP) is 3.63. The number of imidazole rings is 1. The summed E-state index contributed by atoms with van der Waals surface area (Å²) < 4.78 is 7.79. The van der Waals surface area contributed by atoms with E-state index < -0.39 is 0 Å². The molecule has 0 spiro atoms. The Bertz CT molecular complexity index is 1120. The first-order chi connectivity index (χ1) is 13.1. The summed E-state index contributed by atoms with van der Waals surface area (Å²) in [6.07, 6.45) is 3.96. The Kier molecular flexibility index (Phi) is 4.55. The van der Waals surface area contributed by atoms with Crippen LogP contribution in [0.3, 0.4) is 0 Å². The molecule has 27 heavy (non-hydrogen) atoms. The summed E-state index contributed by atoms with van der Waals surface area (Å²) in [5, 5.41) is 11.8. The Balaban J connectivity index is 1.44. The molecule has 1 aromatic carbocycles. The first kappa shape index (κ1) is 17.2. The second-order valence-electron chi connectivity index (χ2n) is 6.10. The van der Waals surface area contributed by atoms with E-state index in [1.807, 2.05) is 48.8 Å². The first-order valence-electron chi connectivity index (χ1n) is 8.35. The fraction of sp³-hybridized carbons (Fsp3) is 0.158. The van der Waals surface area contributed by atoms with Crippen LogP contribution < -0.4 is 10.1 Å². The Labute approximate surface area is 159 Å². The number of amides is 1. The second kappa shape index (κ2) is 7.16. The number of hydrogen-bond acceptors (Lipinski definition) is 6. The third-order valence-corrected chi connectivity index (χ3v) is 4.63. The highest BCUT2D eigenvalue weighted by Crippen LogP contribution is 2.19. The summed E-state index contributed by atoms with van der Waals surface area (Å²) >= 11 is 1.33. The average molecular weight is 379 g/mol. The molecule has 0 saturated carbocycles. The Hall–Kier alpha value is -3.26. The van der Waals surface area contributed by atoms with Crippen LogP contribution in [0, 0.1) is 13.8 Å². The number of benzene rings is 1. The molecule has 0 aliphatic rings. The van der Waals surface area contributed by atoms with E-state index in [1.54, 1.807) is 18.2 Å². The number of anilines is 1. The Morgan fingerprint density at radius 1 is 1.19 bits per heavy atom. The minimum absolute atomic E-state index is 0.250. The molecule has 0 radical (unpaired) electrons. The van der Waals surface area contributed by atoms with Crippen LogP contribution in [0.2, 0.25) is 0 Å². The van der Waals surface area contributed by atoms with Gasteiger partial charge in [-0.25, -0.2) is 4.98 Å². The lowest BCUT2D eigenvalue weighted by molar-refractivity contribution is 0.102. The number of fused-ring (bicyclic) bond motifs is 1. The molecule has 7 nitrogen and oxygen atoms in total. The lowest BCUT2D eigenvalue weighted by Crippen LogP contribution is -2.11. The van der Waals surface area contributed by atoms with E-state index in [1.165, 1.54) is 11.3 Å². The summed E-state index contributed by atoms with van der Waals surface area (Å²) in [6, 6.07) is 11.0. The summed E-state index contributed by atoms with van der Waals surface area (Å²) in [6.45, 7) is 4.19. The van der Waals surface area contributed by atoms with Gasteiger partial charge in [0.25, 0.3) is 5.91 Å². The van der Waals surface area contributed by atoms with Crippen molar-refractivity contribution in [1.29, 1.82) is 0 Å². The van der Waals surface area contributed by atoms with E-state index in [2.05, 4.69) is 20.5 Å². The van der Waals surface area contributed by atoms with E-state index in [9.17, 15) is 4.79 Å². The summed E-state index contributed by atoms with van der Waals surface area (Å²) in [4.78, 5) is 16.9. The molecule has 0 fully saturated rings. The van der Waals surface area contributed by atoms with Gasteiger partial charge in [0.1, 0.15) is 23.0 Å². The summed E-state index contributed by atoms with van der Waals surface area (Å²) in [7, 11) is 0. The third kappa shape index (κ3) is 3.95. The van der Waals surface area contributed by atoms with Gasteiger partial charge in [0.2, 0.25) is 5.13 Å². The van der Waals surface area contributed by atoms with Gasteiger partial charge >= 0.3 is 0 Å². The highest BCUT2D eigenvalue weighted by atomic mass is 32.1. The standard InChI is InChI=1S/C19H17N5O2S/c1-12-6-7-17-20-15(10-24(17)9-12)11-26-16-5-3-4-14(8-16)18(25)21-19-23-22-13(2)27-19/h3-10H,11H2,1-2H3,(H,21,23,25). The summed E-state index contributed by atoms with van der Waals surface area (Å²) in [5.74, 6) is 0.351. The minimum Gasteiger partial charge on any atom is -0.487 e. The molecule has 3 heterocycles. The number of carbonyl (C=O) groups is 1. The van der Waals surface area contributed by atoms with Crippen molar-refractivity contribution in [1.82, 2.24) is 19.6 Å². The van der Waals surface area contributed by atoms with E-state index >= 15 is 0 Å². The molecule has 4 aromatic rings. The van der Waals surface area contributed by atoms with Crippen LogP contribution in [0.5, 0.6) is 5.75 Å². The van der Waals surface area contributed by atoms with Crippen LogP contribution in [-0.4, -0.2) is 25.5 Å². The number of hydrogen-bond donors (Lipinski definition) is 1. The van der Waals surface area contributed by atoms with Crippen LogP contribution >= 0.6 is 11.3 Å². The lowest BCUT2D eigenvalue weighted by Gasteiger charge is -2.06. The van der Waals surface area contributed by atoms with E-state index in [0.29, 0.717) is 23.1 Å². The SMILES string of the molecule is Cc1ccc2nc(COc3cccc(C(=O)Nc4nnc(C)s4)c3)cn2c1. The Morgan fingerprint density at radius 2 is 2.07 bits per heavy atom. The smallest absolute Gasteiger partial charge is 0.257 e. The van der Waals surface area contributed by atoms with Gasteiger partial charge in [0.05, 0.1) is 5.69 Å². The van der Waals surface area contributed by atoms with Gasteiger partial charge in [0.15, 0.2) is 0 Å². The number of rotatable bonds is 5. The van der Waals surface area contributed by atoms with Crippen molar-refractivity contribution >= 4 is 28.0 Å². The van der Waals surface area contributed by atoms with Gasteiger partial charge < -0.3 is 9.14 Å². The van der Waals surface area contributed by atoms with Crippen LogP contribution in [0.25, 0.3) is 5.65 Å². The Morgan fingerprint density at radius 3 is 2.89 bits per heavy atom. The number of nitrogens with zero attached hydrogens (tertiary/aromatic N) is 4. The van der Waals surface area contributed by atoms with Gasteiger partial charge in [-0.05, 0) is 43.7 Å². The van der Waals surface area contributed by atoms with Crippen molar-refractivity contribution in [2.75, 3.05) is 5.32 Å². The zero-order valence-electron chi connectivity index (χ0n) is 14.8. The van der Waals surface area contributed by atoms with Crippen LogP contribution in [0.1, 0.15) is 26.6 Å². The quantitative estimate of drug-likeness (QED) is 0.573. The molecule has 0 unspecified atom stereocenters.